The van der Waals surface area contributed by atoms with E-state index in [2.05, 4.69) is 17.3 Å². The van der Waals surface area contributed by atoms with E-state index in [0.29, 0.717) is 5.75 Å². The summed E-state index contributed by atoms with van der Waals surface area (Å²) in [6.45, 7) is 2.93. The van der Waals surface area contributed by atoms with Crippen LogP contribution in [0.1, 0.15) is 36.6 Å². The van der Waals surface area contributed by atoms with Crippen LogP contribution in [0.25, 0.3) is 0 Å². The summed E-state index contributed by atoms with van der Waals surface area (Å²) in [5.74, 6) is 0.349. The highest BCUT2D eigenvalue weighted by atomic mass is 19.1. The molecule has 0 amide bonds. The summed E-state index contributed by atoms with van der Waals surface area (Å²) in [5, 5.41) is 7.62. The lowest BCUT2D eigenvalue weighted by Crippen LogP contribution is -2.29. The van der Waals surface area contributed by atoms with Crippen molar-refractivity contribution in [2.45, 2.75) is 25.5 Å². The Balaban J connectivity index is 1.94. The van der Waals surface area contributed by atoms with Gasteiger partial charge in [-0.3, -0.25) is 4.68 Å². The molecule has 0 spiro atoms. The van der Waals surface area contributed by atoms with Crippen molar-refractivity contribution in [1.29, 1.82) is 0 Å². The van der Waals surface area contributed by atoms with Gasteiger partial charge in [0, 0.05) is 42.9 Å². The zero-order chi connectivity index (χ0) is 14.1. The number of ether oxygens (including phenoxy) is 1. The molecule has 2 heterocycles. The molecule has 2 atom stereocenters. The van der Waals surface area contributed by atoms with E-state index in [4.69, 9.17) is 4.74 Å². The maximum Gasteiger partial charge on any atom is 0.129 e. The van der Waals surface area contributed by atoms with Gasteiger partial charge < -0.3 is 10.1 Å². The van der Waals surface area contributed by atoms with Crippen molar-refractivity contribution in [1.82, 2.24) is 15.1 Å². The highest BCUT2D eigenvalue weighted by Gasteiger charge is 2.29. The first-order valence-corrected chi connectivity index (χ1v) is 6.85. The first-order chi connectivity index (χ1) is 9.67. The standard InChI is InChI=1S/C15H18FN3O/c1-3-17-13-7-14(10-8-18-19(2)9-10)20-15-6-11(16)4-5-12(13)15/h4-6,8-9,13-14,17H,3,7H2,1-2H3. The quantitative estimate of drug-likeness (QED) is 0.936. The van der Waals surface area contributed by atoms with Gasteiger partial charge in [-0.25, -0.2) is 4.39 Å². The number of halogens is 1. The van der Waals surface area contributed by atoms with Crippen molar-refractivity contribution in [2.75, 3.05) is 6.54 Å². The second-order valence-electron chi connectivity index (χ2n) is 5.08. The van der Waals surface area contributed by atoms with E-state index in [1.165, 1.54) is 12.1 Å². The minimum absolute atomic E-state index is 0.0953. The molecule has 20 heavy (non-hydrogen) atoms. The molecule has 2 aromatic rings. The van der Waals surface area contributed by atoms with Crippen LogP contribution in [-0.2, 0) is 7.05 Å². The first-order valence-electron chi connectivity index (χ1n) is 6.85. The first kappa shape index (κ1) is 13.1. The molecule has 1 aliphatic rings. The molecule has 106 valence electrons. The van der Waals surface area contributed by atoms with Crippen molar-refractivity contribution >= 4 is 0 Å². The lowest BCUT2D eigenvalue weighted by Gasteiger charge is -2.32. The Labute approximate surface area is 117 Å². The minimum Gasteiger partial charge on any atom is -0.485 e. The van der Waals surface area contributed by atoms with E-state index in [9.17, 15) is 4.39 Å². The van der Waals surface area contributed by atoms with Crippen molar-refractivity contribution in [2.24, 2.45) is 7.05 Å². The van der Waals surface area contributed by atoms with Crippen LogP contribution in [0.15, 0.2) is 30.6 Å². The zero-order valence-electron chi connectivity index (χ0n) is 11.6. The molecule has 4 nitrogen and oxygen atoms in total. The maximum atomic E-state index is 13.4. The summed E-state index contributed by atoms with van der Waals surface area (Å²) in [6, 6.07) is 4.92. The van der Waals surface area contributed by atoms with E-state index >= 15 is 0 Å². The van der Waals surface area contributed by atoms with Gasteiger partial charge in [-0.2, -0.15) is 5.10 Å². The number of aromatic nitrogens is 2. The second-order valence-corrected chi connectivity index (χ2v) is 5.08. The van der Waals surface area contributed by atoms with Crippen LogP contribution in [0.3, 0.4) is 0 Å². The molecular formula is C15H18FN3O. The van der Waals surface area contributed by atoms with Crippen LogP contribution in [0.5, 0.6) is 5.75 Å². The Morgan fingerprint density at radius 3 is 3.05 bits per heavy atom. The predicted octanol–water partition coefficient (Wildman–Crippen LogP) is 2.73. The molecule has 0 bridgehead atoms. The maximum absolute atomic E-state index is 13.4. The van der Waals surface area contributed by atoms with Gasteiger partial charge in [0.2, 0.25) is 0 Å². The fourth-order valence-corrected chi connectivity index (χ4v) is 2.69. The molecule has 2 unspecified atom stereocenters. The highest BCUT2D eigenvalue weighted by Crippen LogP contribution is 2.40. The zero-order valence-corrected chi connectivity index (χ0v) is 11.6. The Morgan fingerprint density at radius 2 is 2.35 bits per heavy atom. The van der Waals surface area contributed by atoms with Gasteiger partial charge in [0.05, 0.1) is 6.20 Å². The van der Waals surface area contributed by atoms with Gasteiger partial charge in [-0.05, 0) is 12.6 Å². The van der Waals surface area contributed by atoms with E-state index in [-0.39, 0.29) is 18.0 Å². The summed E-state index contributed by atoms with van der Waals surface area (Å²) in [4.78, 5) is 0. The van der Waals surface area contributed by atoms with Crippen molar-refractivity contribution in [3.05, 3.63) is 47.5 Å². The molecule has 3 rings (SSSR count). The lowest BCUT2D eigenvalue weighted by molar-refractivity contribution is 0.151. The van der Waals surface area contributed by atoms with Crippen molar-refractivity contribution < 1.29 is 9.13 Å². The number of hydrogen-bond donors (Lipinski definition) is 1. The monoisotopic (exact) mass is 275 g/mol. The van der Waals surface area contributed by atoms with E-state index in [0.717, 1.165) is 24.1 Å². The molecule has 0 saturated carbocycles. The van der Waals surface area contributed by atoms with Gasteiger partial charge in [0.1, 0.15) is 17.7 Å². The SMILES string of the molecule is CCNC1CC(c2cnn(C)c2)Oc2cc(F)ccc21. The van der Waals surface area contributed by atoms with Crippen LogP contribution in [0.2, 0.25) is 0 Å². The number of fused-ring (bicyclic) bond motifs is 1. The van der Waals surface area contributed by atoms with Crippen LogP contribution in [-0.4, -0.2) is 16.3 Å². The molecule has 1 N–H and O–H groups in total. The van der Waals surface area contributed by atoms with Gasteiger partial charge in [-0.1, -0.05) is 13.0 Å². The van der Waals surface area contributed by atoms with Crippen molar-refractivity contribution in [3.8, 4) is 5.75 Å². The average molecular weight is 275 g/mol. The summed E-state index contributed by atoms with van der Waals surface area (Å²) < 4.78 is 21.1. The molecule has 0 aliphatic carbocycles. The molecule has 0 radical (unpaired) electrons. The van der Waals surface area contributed by atoms with Gasteiger partial charge in [-0.15, -0.1) is 0 Å². The van der Waals surface area contributed by atoms with Crippen molar-refractivity contribution in [3.63, 3.8) is 0 Å². The fraction of sp³-hybridized carbons (Fsp3) is 0.400. The number of nitrogens with one attached hydrogen (secondary N) is 1. The Kier molecular flexibility index (Phi) is 3.44. The Bertz CT molecular complexity index is 611. The molecule has 0 saturated heterocycles. The number of rotatable bonds is 3. The van der Waals surface area contributed by atoms with E-state index < -0.39 is 0 Å². The van der Waals surface area contributed by atoms with Crippen LogP contribution in [0, 0.1) is 5.82 Å². The average Bonchev–Trinajstić information content (AvgIpc) is 2.85. The normalized spacial score (nSPS) is 21.4. The summed E-state index contributed by atoms with van der Waals surface area (Å²) in [6.07, 6.45) is 4.47. The third-order valence-electron chi connectivity index (χ3n) is 3.62. The molecular weight excluding hydrogens is 257 g/mol. The molecule has 0 fully saturated rings. The molecule has 1 aromatic heterocycles. The lowest BCUT2D eigenvalue weighted by atomic mass is 9.94. The third-order valence-corrected chi connectivity index (χ3v) is 3.62. The van der Waals surface area contributed by atoms with Gasteiger partial charge in [0.15, 0.2) is 0 Å². The van der Waals surface area contributed by atoms with Gasteiger partial charge in [0.25, 0.3) is 0 Å². The Morgan fingerprint density at radius 1 is 1.50 bits per heavy atom. The van der Waals surface area contributed by atoms with Crippen LogP contribution >= 0.6 is 0 Å². The summed E-state index contributed by atoms with van der Waals surface area (Å²) in [5.41, 5.74) is 2.04. The van der Waals surface area contributed by atoms with Crippen LogP contribution in [0.4, 0.5) is 4.39 Å². The third kappa shape index (κ3) is 2.41. The smallest absolute Gasteiger partial charge is 0.129 e. The largest absolute Gasteiger partial charge is 0.485 e. The number of nitrogens with zero attached hydrogens (tertiary/aromatic N) is 2. The van der Waals surface area contributed by atoms with Gasteiger partial charge >= 0.3 is 0 Å². The summed E-state index contributed by atoms with van der Waals surface area (Å²) in [7, 11) is 1.88. The second kappa shape index (κ2) is 5.25. The Hall–Kier alpha value is -1.88. The predicted molar refractivity (Wildman–Crippen MR) is 74.0 cm³/mol. The van der Waals surface area contributed by atoms with Crippen LogP contribution < -0.4 is 10.1 Å². The topological polar surface area (TPSA) is 39.1 Å². The fourth-order valence-electron chi connectivity index (χ4n) is 2.69. The van der Waals surface area contributed by atoms with E-state index in [1.807, 2.05) is 13.2 Å². The molecule has 1 aliphatic heterocycles. The number of hydrogen-bond acceptors (Lipinski definition) is 3. The summed E-state index contributed by atoms with van der Waals surface area (Å²) >= 11 is 0. The minimum atomic E-state index is -0.272. The van der Waals surface area contributed by atoms with E-state index in [1.54, 1.807) is 16.9 Å². The number of aryl methyl sites for hydroxylation is 1. The molecule has 5 heteroatoms. The molecule has 1 aromatic carbocycles. The highest BCUT2D eigenvalue weighted by molar-refractivity contribution is 5.39. The number of benzene rings is 1.